The summed E-state index contributed by atoms with van der Waals surface area (Å²) in [5.41, 5.74) is 0.187. The molecule has 0 spiro atoms. The minimum absolute atomic E-state index is 0.0503. The van der Waals surface area contributed by atoms with Crippen LogP contribution in [0, 0.1) is 0 Å². The van der Waals surface area contributed by atoms with Crippen LogP contribution in [0.1, 0.15) is 32.4 Å². The van der Waals surface area contributed by atoms with Gasteiger partial charge >= 0.3 is 0 Å². The monoisotopic (exact) mass is 269 g/mol. The fourth-order valence-corrected chi connectivity index (χ4v) is 1.88. The number of likely N-dealkylation sites (N-methyl/N-ethyl adjacent to an activating group) is 1. The molecule has 3 nitrogen and oxygen atoms in total. The van der Waals surface area contributed by atoms with Crippen molar-refractivity contribution in [3.63, 3.8) is 0 Å². The van der Waals surface area contributed by atoms with Crippen molar-refractivity contribution in [1.82, 2.24) is 4.90 Å². The van der Waals surface area contributed by atoms with E-state index in [-0.39, 0.29) is 11.9 Å². The van der Waals surface area contributed by atoms with Gasteiger partial charge in [0.05, 0.1) is 6.04 Å². The Morgan fingerprint density at radius 1 is 1.44 bits per heavy atom. The molecule has 1 amide bonds. The average molecular weight is 270 g/mol. The van der Waals surface area contributed by atoms with E-state index in [0.717, 1.165) is 5.56 Å². The number of carbonyl (C=O) groups is 1. The Morgan fingerprint density at radius 3 is 2.56 bits per heavy atom. The number of hydrogen-bond acceptors (Lipinski definition) is 2. The fraction of sp³-hybridized carbons (Fsp3) is 0.500. The normalized spacial score (nSPS) is 13.2. The Labute approximate surface area is 114 Å². The van der Waals surface area contributed by atoms with Crippen LogP contribution in [0.5, 0.6) is 0 Å². The number of rotatable bonds is 4. The molecule has 4 heteroatoms. The Bertz CT molecular complexity index is 432. The minimum Gasteiger partial charge on any atom is -0.369 e. The third kappa shape index (κ3) is 3.24. The number of methoxy groups -OCH3 is 1. The highest BCUT2D eigenvalue weighted by Gasteiger charge is 2.32. The van der Waals surface area contributed by atoms with Crippen LogP contribution in [0.2, 0.25) is 5.02 Å². The Hall–Kier alpha value is -1.06. The van der Waals surface area contributed by atoms with Gasteiger partial charge in [0.15, 0.2) is 0 Å². The van der Waals surface area contributed by atoms with Crippen molar-refractivity contribution in [1.29, 1.82) is 0 Å². The summed E-state index contributed by atoms with van der Waals surface area (Å²) < 4.78 is 5.21. The second-order valence-corrected chi connectivity index (χ2v) is 5.30. The van der Waals surface area contributed by atoms with Gasteiger partial charge in [0, 0.05) is 19.2 Å². The lowest BCUT2D eigenvalue weighted by Crippen LogP contribution is -2.45. The number of benzene rings is 1. The first-order valence-electron chi connectivity index (χ1n) is 5.87. The van der Waals surface area contributed by atoms with Gasteiger partial charge in [-0.05, 0) is 38.5 Å². The second kappa shape index (κ2) is 5.72. The summed E-state index contributed by atoms with van der Waals surface area (Å²) >= 11 is 5.96. The van der Waals surface area contributed by atoms with E-state index in [4.69, 9.17) is 16.3 Å². The molecule has 0 saturated carbocycles. The van der Waals surface area contributed by atoms with E-state index in [1.807, 2.05) is 31.2 Å². The van der Waals surface area contributed by atoms with Gasteiger partial charge in [-0.15, -0.1) is 0 Å². The van der Waals surface area contributed by atoms with Crippen molar-refractivity contribution >= 4 is 17.5 Å². The molecule has 1 rings (SSSR count). The summed E-state index contributed by atoms with van der Waals surface area (Å²) in [6.45, 7) is 5.49. The van der Waals surface area contributed by atoms with Crippen LogP contribution in [-0.2, 0) is 9.53 Å². The first kappa shape index (κ1) is 15.0. The molecule has 0 aliphatic carbocycles. The smallest absolute Gasteiger partial charge is 0.254 e. The summed E-state index contributed by atoms with van der Waals surface area (Å²) in [6.07, 6.45) is 0. The van der Waals surface area contributed by atoms with Crippen LogP contribution in [0.15, 0.2) is 24.3 Å². The first-order valence-corrected chi connectivity index (χ1v) is 6.25. The molecule has 0 heterocycles. The van der Waals surface area contributed by atoms with Crippen molar-refractivity contribution in [3.05, 3.63) is 34.9 Å². The number of hydrogen-bond donors (Lipinski definition) is 0. The van der Waals surface area contributed by atoms with Gasteiger partial charge in [-0.1, -0.05) is 23.7 Å². The zero-order valence-corrected chi connectivity index (χ0v) is 12.3. The number of amides is 1. The molecule has 1 aromatic carbocycles. The van der Waals surface area contributed by atoms with E-state index >= 15 is 0 Å². The highest BCUT2D eigenvalue weighted by Crippen LogP contribution is 2.24. The molecule has 0 fully saturated rings. The van der Waals surface area contributed by atoms with Crippen LogP contribution in [0.4, 0.5) is 0 Å². The standard InChI is InChI=1S/C14H20ClNO2/c1-10(11-7-6-8-12(15)9-11)16(4)13(17)14(2,3)18-5/h6-10H,1-5H3. The van der Waals surface area contributed by atoms with Crippen LogP contribution >= 0.6 is 11.6 Å². The topological polar surface area (TPSA) is 29.5 Å². The highest BCUT2D eigenvalue weighted by atomic mass is 35.5. The summed E-state index contributed by atoms with van der Waals surface area (Å²) in [7, 11) is 3.31. The molecule has 100 valence electrons. The maximum Gasteiger partial charge on any atom is 0.254 e. The fourth-order valence-electron chi connectivity index (χ4n) is 1.68. The first-order chi connectivity index (χ1) is 8.29. The molecule has 0 aromatic heterocycles. The maximum atomic E-state index is 12.3. The van der Waals surface area contributed by atoms with Gasteiger partial charge in [0.2, 0.25) is 0 Å². The van der Waals surface area contributed by atoms with Gasteiger partial charge in [-0.25, -0.2) is 0 Å². The van der Waals surface area contributed by atoms with Crippen molar-refractivity contribution in [2.45, 2.75) is 32.4 Å². The summed E-state index contributed by atoms with van der Waals surface area (Å²) in [5.74, 6) is -0.0579. The largest absolute Gasteiger partial charge is 0.369 e. The zero-order valence-electron chi connectivity index (χ0n) is 11.5. The van der Waals surface area contributed by atoms with Crippen LogP contribution in [-0.4, -0.2) is 30.6 Å². The quantitative estimate of drug-likeness (QED) is 0.839. The highest BCUT2D eigenvalue weighted by molar-refractivity contribution is 6.30. The molecular weight excluding hydrogens is 250 g/mol. The molecule has 0 bridgehead atoms. The van der Waals surface area contributed by atoms with E-state index in [0.29, 0.717) is 5.02 Å². The molecular formula is C14H20ClNO2. The molecule has 1 aromatic rings. The van der Waals surface area contributed by atoms with Gasteiger partial charge in [0.25, 0.3) is 5.91 Å². The Kier molecular flexibility index (Phi) is 4.77. The summed E-state index contributed by atoms with van der Waals surface area (Å²) in [5, 5.41) is 0.672. The lowest BCUT2D eigenvalue weighted by atomic mass is 10.0. The third-order valence-electron chi connectivity index (χ3n) is 3.26. The van der Waals surface area contributed by atoms with Crippen molar-refractivity contribution < 1.29 is 9.53 Å². The lowest BCUT2D eigenvalue weighted by molar-refractivity contribution is -0.151. The lowest BCUT2D eigenvalue weighted by Gasteiger charge is -2.32. The van der Waals surface area contributed by atoms with Crippen LogP contribution in [0.3, 0.4) is 0 Å². The van der Waals surface area contributed by atoms with E-state index in [9.17, 15) is 4.79 Å². The molecule has 0 aliphatic heterocycles. The van der Waals surface area contributed by atoms with E-state index in [1.165, 1.54) is 7.11 Å². The molecule has 0 saturated heterocycles. The molecule has 1 unspecified atom stereocenters. The molecule has 18 heavy (non-hydrogen) atoms. The van der Waals surface area contributed by atoms with Crippen molar-refractivity contribution in [2.75, 3.05) is 14.2 Å². The zero-order chi connectivity index (χ0) is 13.9. The van der Waals surface area contributed by atoms with Gasteiger partial charge in [0.1, 0.15) is 5.60 Å². The summed E-state index contributed by atoms with van der Waals surface area (Å²) in [6, 6.07) is 7.48. The van der Waals surface area contributed by atoms with E-state index in [2.05, 4.69) is 0 Å². The average Bonchev–Trinajstić information content (AvgIpc) is 2.36. The van der Waals surface area contributed by atoms with Crippen LogP contribution < -0.4 is 0 Å². The van der Waals surface area contributed by atoms with Crippen LogP contribution in [0.25, 0.3) is 0 Å². The van der Waals surface area contributed by atoms with Gasteiger partial charge < -0.3 is 9.64 Å². The number of ether oxygens (including phenoxy) is 1. The van der Waals surface area contributed by atoms with Crippen molar-refractivity contribution in [3.8, 4) is 0 Å². The Balaban J connectivity index is 2.91. The molecule has 1 atom stereocenters. The molecule has 0 radical (unpaired) electrons. The van der Waals surface area contributed by atoms with E-state index < -0.39 is 5.60 Å². The predicted molar refractivity (Wildman–Crippen MR) is 73.7 cm³/mol. The van der Waals surface area contributed by atoms with Crippen molar-refractivity contribution in [2.24, 2.45) is 0 Å². The van der Waals surface area contributed by atoms with Gasteiger partial charge in [-0.3, -0.25) is 4.79 Å². The Morgan fingerprint density at radius 2 is 2.06 bits per heavy atom. The van der Waals surface area contributed by atoms with E-state index in [1.54, 1.807) is 25.8 Å². The minimum atomic E-state index is -0.818. The maximum absolute atomic E-state index is 12.3. The predicted octanol–water partition coefficient (Wildman–Crippen LogP) is 3.28. The van der Waals surface area contributed by atoms with Gasteiger partial charge in [-0.2, -0.15) is 0 Å². The number of nitrogens with zero attached hydrogens (tertiary/aromatic N) is 1. The number of carbonyl (C=O) groups excluding carboxylic acids is 1. The SMILES string of the molecule is COC(C)(C)C(=O)N(C)C(C)c1cccc(Cl)c1. The molecule has 0 N–H and O–H groups in total. The summed E-state index contributed by atoms with van der Waals surface area (Å²) in [4.78, 5) is 13.9. The second-order valence-electron chi connectivity index (χ2n) is 4.86. The molecule has 0 aliphatic rings. The number of halogens is 1. The third-order valence-corrected chi connectivity index (χ3v) is 3.49.